The van der Waals surface area contributed by atoms with Gasteiger partial charge in [0.1, 0.15) is 10.6 Å². The Labute approximate surface area is 122 Å². The van der Waals surface area contributed by atoms with Gasteiger partial charge in [-0.25, -0.2) is 4.79 Å². The number of nitrogens with two attached hydrogens (primary N) is 1. The smallest absolute Gasteiger partial charge is 0.345 e. The number of esters is 1. The molecule has 8 heteroatoms. The third kappa shape index (κ3) is 3.83. The summed E-state index contributed by atoms with van der Waals surface area (Å²) in [5.74, 6) is -0.506. The van der Waals surface area contributed by atoms with Crippen LogP contribution in [0.15, 0.2) is 0 Å². The maximum atomic E-state index is 11.9. The van der Waals surface area contributed by atoms with Gasteiger partial charge >= 0.3 is 5.97 Å². The molecule has 0 saturated carbocycles. The molecule has 1 rings (SSSR count). The van der Waals surface area contributed by atoms with E-state index in [-0.39, 0.29) is 30.4 Å². The molecular formula is C12H20N4O3S. The molecule has 0 unspecified atom stereocenters. The van der Waals surface area contributed by atoms with E-state index in [0.29, 0.717) is 11.5 Å². The molecule has 1 amide bonds. The molecule has 0 spiro atoms. The topological polar surface area (TPSA) is 97.5 Å². The second kappa shape index (κ2) is 7.68. The minimum atomic E-state index is -0.508. The predicted molar refractivity (Wildman–Crippen MR) is 79.1 cm³/mol. The summed E-state index contributed by atoms with van der Waals surface area (Å²) in [4.78, 5) is 25.3. The lowest BCUT2D eigenvalue weighted by Gasteiger charge is -2.22. The number of ether oxygens (including phenoxy) is 1. The molecule has 0 aliphatic rings. The number of nitrogen functional groups attached to an aromatic ring is 1. The van der Waals surface area contributed by atoms with Gasteiger partial charge in [0.05, 0.1) is 13.2 Å². The van der Waals surface area contributed by atoms with E-state index in [0.717, 1.165) is 18.0 Å². The molecule has 0 saturated heterocycles. The second-order valence-electron chi connectivity index (χ2n) is 4.06. The van der Waals surface area contributed by atoms with Gasteiger partial charge in [-0.05, 0) is 24.9 Å². The quantitative estimate of drug-likeness (QED) is 0.725. The summed E-state index contributed by atoms with van der Waals surface area (Å²) in [5.41, 5.74) is 5.99. The van der Waals surface area contributed by atoms with Gasteiger partial charge in [-0.3, -0.25) is 4.79 Å². The number of hydrogen-bond acceptors (Lipinski definition) is 7. The average molecular weight is 300 g/mol. The first-order chi connectivity index (χ1) is 9.54. The molecule has 1 heterocycles. The van der Waals surface area contributed by atoms with Gasteiger partial charge in [0.15, 0.2) is 5.82 Å². The summed E-state index contributed by atoms with van der Waals surface area (Å²) in [6, 6.07) is 0. The van der Waals surface area contributed by atoms with Gasteiger partial charge in [-0.2, -0.15) is 4.37 Å². The number of hydrogen-bond donors (Lipinski definition) is 2. The SMILES string of the molecule is CCCN(CC(=O)NC)c1snc(N)c1C(=O)OCC. The lowest BCUT2D eigenvalue weighted by molar-refractivity contribution is -0.119. The van der Waals surface area contributed by atoms with Gasteiger partial charge in [-0.15, -0.1) is 0 Å². The van der Waals surface area contributed by atoms with Gasteiger partial charge < -0.3 is 20.7 Å². The van der Waals surface area contributed by atoms with Crippen molar-refractivity contribution in [2.75, 3.05) is 37.4 Å². The minimum Gasteiger partial charge on any atom is -0.462 e. The number of nitrogens with zero attached hydrogens (tertiary/aromatic N) is 2. The maximum absolute atomic E-state index is 11.9. The van der Waals surface area contributed by atoms with Crippen molar-refractivity contribution in [1.82, 2.24) is 9.69 Å². The van der Waals surface area contributed by atoms with E-state index in [4.69, 9.17) is 10.5 Å². The number of carbonyl (C=O) groups excluding carboxylic acids is 2. The summed E-state index contributed by atoms with van der Waals surface area (Å²) in [6.07, 6.45) is 0.830. The lowest BCUT2D eigenvalue weighted by atomic mass is 10.3. The van der Waals surface area contributed by atoms with Crippen molar-refractivity contribution >= 4 is 34.2 Å². The largest absolute Gasteiger partial charge is 0.462 e. The van der Waals surface area contributed by atoms with Crippen LogP contribution in [0.4, 0.5) is 10.8 Å². The number of likely N-dealkylation sites (N-methyl/N-ethyl adjacent to an activating group) is 1. The Kier molecular flexibility index (Phi) is 6.23. The highest BCUT2D eigenvalue weighted by atomic mass is 32.1. The summed E-state index contributed by atoms with van der Waals surface area (Å²) >= 11 is 1.10. The molecule has 7 nitrogen and oxygen atoms in total. The first kappa shape index (κ1) is 16.2. The standard InChI is InChI=1S/C12H20N4O3S/c1-4-6-16(7-8(17)14-3)11-9(10(13)15-20-11)12(18)19-5-2/h4-7H2,1-3H3,(H2,13,15)(H,14,17). The fraction of sp³-hybridized carbons (Fsp3) is 0.583. The molecule has 0 aliphatic heterocycles. The molecule has 0 atom stereocenters. The van der Waals surface area contributed by atoms with E-state index in [9.17, 15) is 9.59 Å². The molecule has 1 aromatic heterocycles. The molecule has 112 valence electrons. The Morgan fingerprint density at radius 2 is 2.15 bits per heavy atom. The molecule has 0 aliphatic carbocycles. The number of aromatic nitrogens is 1. The number of amides is 1. The van der Waals surface area contributed by atoms with Crippen LogP contribution in [0, 0.1) is 0 Å². The summed E-state index contributed by atoms with van der Waals surface area (Å²) in [6.45, 7) is 4.75. The van der Waals surface area contributed by atoms with Crippen molar-refractivity contribution in [3.05, 3.63) is 5.56 Å². The number of carbonyl (C=O) groups is 2. The Morgan fingerprint density at radius 3 is 2.70 bits per heavy atom. The van der Waals surface area contributed by atoms with E-state index in [1.165, 1.54) is 0 Å². The monoisotopic (exact) mass is 300 g/mol. The van der Waals surface area contributed by atoms with Crippen molar-refractivity contribution in [3.8, 4) is 0 Å². The molecule has 0 fully saturated rings. The van der Waals surface area contributed by atoms with Crippen LogP contribution in [-0.4, -0.2) is 43.0 Å². The van der Waals surface area contributed by atoms with Gasteiger partial charge in [-0.1, -0.05) is 6.92 Å². The fourth-order valence-electron chi connectivity index (χ4n) is 1.68. The van der Waals surface area contributed by atoms with Gasteiger partial charge in [0, 0.05) is 13.6 Å². The van der Waals surface area contributed by atoms with Gasteiger partial charge in [0.25, 0.3) is 0 Å². The second-order valence-corrected chi connectivity index (χ2v) is 4.82. The molecule has 20 heavy (non-hydrogen) atoms. The highest BCUT2D eigenvalue weighted by Crippen LogP contribution is 2.31. The summed E-state index contributed by atoms with van der Waals surface area (Å²) in [5, 5.41) is 3.14. The molecule has 0 aromatic carbocycles. The van der Waals surface area contributed by atoms with Crippen molar-refractivity contribution in [2.45, 2.75) is 20.3 Å². The molecule has 0 radical (unpaired) electrons. The van der Waals surface area contributed by atoms with E-state index >= 15 is 0 Å². The van der Waals surface area contributed by atoms with Crippen LogP contribution in [0.5, 0.6) is 0 Å². The lowest BCUT2D eigenvalue weighted by Crippen LogP contribution is -2.36. The zero-order chi connectivity index (χ0) is 15.1. The number of anilines is 2. The summed E-state index contributed by atoms with van der Waals surface area (Å²) in [7, 11) is 1.57. The van der Waals surface area contributed by atoms with Crippen molar-refractivity contribution in [3.63, 3.8) is 0 Å². The van der Waals surface area contributed by atoms with E-state index in [2.05, 4.69) is 9.69 Å². The highest BCUT2D eigenvalue weighted by molar-refractivity contribution is 7.11. The summed E-state index contributed by atoms with van der Waals surface area (Å²) < 4.78 is 8.99. The highest BCUT2D eigenvalue weighted by Gasteiger charge is 2.25. The average Bonchev–Trinajstić information content (AvgIpc) is 2.80. The van der Waals surface area contributed by atoms with Crippen LogP contribution in [0.1, 0.15) is 30.6 Å². The number of nitrogens with one attached hydrogen (secondary N) is 1. The first-order valence-electron chi connectivity index (χ1n) is 6.42. The third-order valence-corrected chi connectivity index (χ3v) is 3.50. The Balaban J connectivity index is 3.07. The van der Waals surface area contributed by atoms with Crippen LogP contribution in [-0.2, 0) is 9.53 Å². The third-order valence-electron chi connectivity index (χ3n) is 2.57. The molecular weight excluding hydrogens is 280 g/mol. The van der Waals surface area contributed by atoms with E-state index < -0.39 is 5.97 Å². The Bertz CT molecular complexity index is 475. The Hall–Kier alpha value is -1.83. The number of rotatable bonds is 7. The van der Waals surface area contributed by atoms with Crippen LogP contribution in [0.3, 0.4) is 0 Å². The van der Waals surface area contributed by atoms with Gasteiger partial charge in [0.2, 0.25) is 5.91 Å². The molecule has 3 N–H and O–H groups in total. The van der Waals surface area contributed by atoms with Crippen LogP contribution in [0.25, 0.3) is 0 Å². The minimum absolute atomic E-state index is 0.139. The van der Waals surface area contributed by atoms with E-state index in [1.807, 2.05) is 6.92 Å². The van der Waals surface area contributed by atoms with Crippen LogP contribution >= 0.6 is 11.5 Å². The van der Waals surface area contributed by atoms with E-state index in [1.54, 1.807) is 18.9 Å². The zero-order valence-electron chi connectivity index (χ0n) is 11.9. The molecule has 0 bridgehead atoms. The molecule has 1 aromatic rings. The van der Waals surface area contributed by atoms with Crippen molar-refractivity contribution < 1.29 is 14.3 Å². The maximum Gasteiger partial charge on any atom is 0.345 e. The zero-order valence-corrected chi connectivity index (χ0v) is 12.7. The predicted octanol–water partition coefficient (Wildman–Crippen LogP) is 0.864. The van der Waals surface area contributed by atoms with Crippen LogP contribution < -0.4 is 16.0 Å². The van der Waals surface area contributed by atoms with Crippen LogP contribution in [0.2, 0.25) is 0 Å². The van der Waals surface area contributed by atoms with Crippen molar-refractivity contribution in [1.29, 1.82) is 0 Å². The normalized spacial score (nSPS) is 10.2. The Morgan fingerprint density at radius 1 is 1.45 bits per heavy atom. The first-order valence-corrected chi connectivity index (χ1v) is 7.20. The fourth-order valence-corrected chi connectivity index (χ4v) is 2.51. The van der Waals surface area contributed by atoms with Crippen molar-refractivity contribution in [2.24, 2.45) is 0 Å².